The summed E-state index contributed by atoms with van der Waals surface area (Å²) in [4.78, 5) is 34.0. The van der Waals surface area contributed by atoms with Crippen LogP contribution in [0.15, 0.2) is 0 Å². The molecule has 0 aliphatic heterocycles. The van der Waals surface area contributed by atoms with Crippen molar-refractivity contribution in [2.75, 3.05) is 0 Å². The molecule has 0 aromatic carbocycles. The number of aromatic carboxylic acids is 1. The Kier molecular flexibility index (Phi) is 5.66. The number of amides is 2. The van der Waals surface area contributed by atoms with Gasteiger partial charge in [0.25, 0.3) is 0 Å². The number of carboxylic acids is 1. The number of nitrogens with two attached hydrogens (primary N) is 1. The number of carboxylic acid groups (broad SMARTS) is 1. The van der Waals surface area contributed by atoms with Gasteiger partial charge in [0.1, 0.15) is 5.60 Å². The zero-order chi connectivity index (χ0) is 17.8. The molecule has 1 unspecified atom stereocenters. The minimum absolute atomic E-state index is 0.0565. The minimum atomic E-state index is -1.29. The first-order valence-electron chi connectivity index (χ1n) is 6.93. The average molecular weight is 327 g/mol. The highest BCUT2D eigenvalue weighted by molar-refractivity contribution is 5.86. The number of nitrogens with zero attached hydrogens (tertiary/aromatic N) is 3. The van der Waals surface area contributed by atoms with E-state index < -0.39 is 29.5 Å². The lowest BCUT2D eigenvalue weighted by Crippen LogP contribution is -2.33. The van der Waals surface area contributed by atoms with E-state index in [9.17, 15) is 14.4 Å². The molecular formula is C13H21N5O5. The van der Waals surface area contributed by atoms with Crippen molar-refractivity contribution in [2.45, 2.75) is 46.4 Å². The van der Waals surface area contributed by atoms with E-state index in [0.29, 0.717) is 0 Å². The summed E-state index contributed by atoms with van der Waals surface area (Å²) < 4.78 is 6.31. The Bertz CT molecular complexity index is 604. The number of primary amides is 1. The third kappa shape index (κ3) is 5.57. The van der Waals surface area contributed by atoms with Gasteiger partial charge in [0.2, 0.25) is 5.91 Å². The number of hydrogen-bond donors (Lipinski definition) is 3. The van der Waals surface area contributed by atoms with Crippen molar-refractivity contribution in [2.24, 2.45) is 11.7 Å². The Labute approximate surface area is 133 Å². The van der Waals surface area contributed by atoms with E-state index in [1.165, 1.54) is 4.68 Å². The van der Waals surface area contributed by atoms with Gasteiger partial charge in [0.05, 0.1) is 24.7 Å². The molecule has 0 fully saturated rings. The largest absolute Gasteiger partial charge is 0.476 e. The smallest absolute Gasteiger partial charge is 0.407 e. The number of ether oxygens (including phenoxy) is 1. The molecule has 0 aliphatic rings. The molecule has 4 N–H and O–H groups in total. The molecule has 0 bridgehead atoms. The number of carbonyl (C=O) groups excluding carboxylic acids is 2. The second kappa shape index (κ2) is 7.07. The van der Waals surface area contributed by atoms with E-state index in [-0.39, 0.29) is 24.5 Å². The van der Waals surface area contributed by atoms with Gasteiger partial charge in [-0.25, -0.2) is 14.3 Å². The predicted molar refractivity (Wildman–Crippen MR) is 78.4 cm³/mol. The van der Waals surface area contributed by atoms with Gasteiger partial charge in [0, 0.05) is 0 Å². The second-order valence-corrected chi connectivity index (χ2v) is 6.03. The number of alkyl carbamates (subject to hydrolysis) is 1. The van der Waals surface area contributed by atoms with E-state index in [1.54, 1.807) is 27.7 Å². The van der Waals surface area contributed by atoms with Crippen LogP contribution in [-0.2, 0) is 22.6 Å². The third-order valence-electron chi connectivity index (χ3n) is 2.77. The molecule has 10 heteroatoms. The maximum Gasteiger partial charge on any atom is 0.407 e. The molecule has 0 spiro atoms. The first-order chi connectivity index (χ1) is 10.5. The van der Waals surface area contributed by atoms with Gasteiger partial charge in [-0.3, -0.25) is 4.79 Å². The van der Waals surface area contributed by atoms with Crippen molar-refractivity contribution in [3.8, 4) is 0 Å². The molecule has 1 rings (SSSR count). The molecule has 23 heavy (non-hydrogen) atoms. The van der Waals surface area contributed by atoms with Crippen LogP contribution >= 0.6 is 0 Å². The van der Waals surface area contributed by atoms with Crippen LogP contribution in [-0.4, -0.2) is 43.7 Å². The molecule has 1 atom stereocenters. The number of nitrogens with one attached hydrogen (secondary N) is 1. The summed E-state index contributed by atoms with van der Waals surface area (Å²) in [7, 11) is 0. The van der Waals surface area contributed by atoms with Gasteiger partial charge in [-0.2, -0.15) is 0 Å². The summed E-state index contributed by atoms with van der Waals surface area (Å²) in [6, 6.07) is 0. The summed E-state index contributed by atoms with van der Waals surface area (Å²) in [5.74, 6) is -2.41. The molecule has 0 aliphatic carbocycles. The Balaban J connectivity index is 2.90. The maximum atomic E-state index is 11.7. The number of hydrogen-bond acceptors (Lipinski definition) is 6. The van der Waals surface area contributed by atoms with E-state index in [2.05, 4.69) is 15.6 Å². The number of rotatable bonds is 6. The molecule has 0 saturated carbocycles. The molecular weight excluding hydrogens is 306 g/mol. The number of aromatic nitrogens is 3. The Morgan fingerprint density at radius 3 is 2.48 bits per heavy atom. The quantitative estimate of drug-likeness (QED) is 0.671. The normalized spacial score (nSPS) is 12.5. The van der Waals surface area contributed by atoms with Gasteiger partial charge >= 0.3 is 12.1 Å². The molecule has 128 valence electrons. The van der Waals surface area contributed by atoms with Gasteiger partial charge in [0.15, 0.2) is 5.69 Å². The fraction of sp³-hybridized carbons (Fsp3) is 0.615. The maximum absolute atomic E-state index is 11.7. The van der Waals surface area contributed by atoms with Crippen molar-refractivity contribution in [3.63, 3.8) is 0 Å². The predicted octanol–water partition coefficient (Wildman–Crippen LogP) is 0.122. The van der Waals surface area contributed by atoms with Crippen LogP contribution in [0.3, 0.4) is 0 Å². The molecule has 1 heterocycles. The molecule has 2 amide bonds. The van der Waals surface area contributed by atoms with Gasteiger partial charge < -0.3 is 20.9 Å². The molecule has 10 nitrogen and oxygen atoms in total. The Hall–Kier alpha value is -2.65. The fourth-order valence-corrected chi connectivity index (χ4v) is 1.64. The van der Waals surface area contributed by atoms with E-state index >= 15 is 0 Å². The Morgan fingerprint density at radius 1 is 1.39 bits per heavy atom. The van der Waals surface area contributed by atoms with Crippen LogP contribution in [0.1, 0.15) is 43.9 Å². The first kappa shape index (κ1) is 18.4. The second-order valence-electron chi connectivity index (χ2n) is 6.03. The average Bonchev–Trinajstić information content (AvgIpc) is 2.77. The lowest BCUT2D eigenvalue weighted by molar-refractivity contribution is -0.121. The van der Waals surface area contributed by atoms with E-state index in [0.717, 1.165) is 0 Å². The van der Waals surface area contributed by atoms with Crippen LogP contribution in [0, 0.1) is 5.92 Å². The van der Waals surface area contributed by atoms with Crippen LogP contribution in [0.25, 0.3) is 0 Å². The van der Waals surface area contributed by atoms with Crippen LogP contribution in [0.5, 0.6) is 0 Å². The van der Waals surface area contributed by atoms with Gasteiger partial charge in [-0.15, -0.1) is 5.10 Å². The van der Waals surface area contributed by atoms with Crippen molar-refractivity contribution in [1.29, 1.82) is 0 Å². The Morgan fingerprint density at radius 2 is 2.00 bits per heavy atom. The van der Waals surface area contributed by atoms with Gasteiger partial charge in [-0.05, 0) is 20.8 Å². The van der Waals surface area contributed by atoms with Crippen molar-refractivity contribution in [3.05, 3.63) is 11.4 Å². The zero-order valence-electron chi connectivity index (χ0n) is 13.5. The standard InChI is InChI=1S/C13H21N5O5/c1-7(10(14)19)6-18-8(9(11(20)21)16-17-18)5-15-12(22)23-13(2,3)4/h7H,5-6H2,1-4H3,(H2,14,19)(H,15,22)(H,20,21). The molecule has 1 aromatic rings. The zero-order valence-corrected chi connectivity index (χ0v) is 13.5. The van der Waals surface area contributed by atoms with Crippen LogP contribution in [0.2, 0.25) is 0 Å². The summed E-state index contributed by atoms with van der Waals surface area (Å²) in [5, 5.41) is 18.8. The number of carbonyl (C=O) groups is 3. The SMILES string of the molecule is CC(Cn1nnc(C(=O)O)c1CNC(=O)OC(C)(C)C)C(N)=O. The lowest BCUT2D eigenvalue weighted by atomic mass is 10.1. The molecule has 0 radical (unpaired) electrons. The van der Waals surface area contributed by atoms with Crippen LogP contribution in [0.4, 0.5) is 4.79 Å². The van der Waals surface area contributed by atoms with Crippen LogP contribution < -0.4 is 11.1 Å². The molecule has 0 saturated heterocycles. The summed E-state index contributed by atoms with van der Waals surface area (Å²) in [5.41, 5.74) is 4.35. The molecule has 1 aromatic heterocycles. The highest BCUT2D eigenvalue weighted by atomic mass is 16.6. The summed E-state index contributed by atoms with van der Waals surface area (Å²) in [6.07, 6.45) is -0.704. The monoisotopic (exact) mass is 327 g/mol. The lowest BCUT2D eigenvalue weighted by Gasteiger charge is -2.19. The van der Waals surface area contributed by atoms with Crippen molar-refractivity contribution in [1.82, 2.24) is 20.3 Å². The van der Waals surface area contributed by atoms with Gasteiger partial charge in [-0.1, -0.05) is 12.1 Å². The van der Waals surface area contributed by atoms with E-state index in [1.807, 2.05) is 0 Å². The topological polar surface area (TPSA) is 149 Å². The van der Waals surface area contributed by atoms with Crippen molar-refractivity contribution >= 4 is 18.0 Å². The highest BCUT2D eigenvalue weighted by Crippen LogP contribution is 2.10. The van der Waals surface area contributed by atoms with E-state index in [4.69, 9.17) is 15.6 Å². The third-order valence-corrected chi connectivity index (χ3v) is 2.77. The summed E-state index contributed by atoms with van der Waals surface area (Å²) in [6.45, 7) is 6.59. The fourth-order valence-electron chi connectivity index (χ4n) is 1.64. The highest BCUT2D eigenvalue weighted by Gasteiger charge is 2.23. The first-order valence-corrected chi connectivity index (χ1v) is 6.93. The minimum Gasteiger partial charge on any atom is -0.476 e. The van der Waals surface area contributed by atoms with Crippen molar-refractivity contribution < 1.29 is 24.2 Å². The summed E-state index contributed by atoms with van der Waals surface area (Å²) >= 11 is 0.